The highest BCUT2D eigenvalue weighted by Crippen LogP contribution is 2.23. The highest BCUT2D eigenvalue weighted by atomic mass is 19.3. The third-order valence-corrected chi connectivity index (χ3v) is 3.11. The molecule has 21 heavy (non-hydrogen) atoms. The van der Waals surface area contributed by atoms with E-state index in [9.17, 15) is 18.9 Å². The van der Waals surface area contributed by atoms with E-state index < -0.39 is 11.3 Å². The summed E-state index contributed by atoms with van der Waals surface area (Å²) in [6.45, 7) is 2.13. The number of hydrogen-bond acceptors (Lipinski definition) is 3. The maximum Gasteiger partial charge on any atom is 0.269 e. The number of hydrogen-bond donors (Lipinski definition) is 1. The Balaban J connectivity index is 2.09. The molecule has 0 aliphatic heterocycles. The predicted octanol–water partition coefficient (Wildman–Crippen LogP) is 4.45. The molecule has 0 saturated heterocycles. The summed E-state index contributed by atoms with van der Waals surface area (Å²) in [6, 6.07) is 10.7. The standard InChI is InChI=1S/C15H14F2N2O2/c1-10-7-13(19(20)21)5-6-14(10)18-9-11-3-2-4-12(8-11)15(16)17/h2-8,15,18H,9H2,1H3. The van der Waals surface area contributed by atoms with E-state index in [1.807, 2.05) is 0 Å². The number of non-ortho nitro benzene ring substituents is 1. The number of rotatable bonds is 5. The molecule has 0 unspecified atom stereocenters. The average molecular weight is 292 g/mol. The summed E-state index contributed by atoms with van der Waals surface area (Å²) >= 11 is 0. The zero-order valence-electron chi connectivity index (χ0n) is 11.3. The molecule has 1 N–H and O–H groups in total. The second-order valence-corrected chi connectivity index (χ2v) is 4.66. The second kappa shape index (κ2) is 6.30. The molecule has 0 aliphatic carbocycles. The second-order valence-electron chi connectivity index (χ2n) is 4.66. The molecule has 110 valence electrons. The predicted molar refractivity (Wildman–Crippen MR) is 76.6 cm³/mol. The minimum absolute atomic E-state index is 0.0188. The third-order valence-electron chi connectivity index (χ3n) is 3.11. The van der Waals surface area contributed by atoms with Gasteiger partial charge in [0.2, 0.25) is 0 Å². The van der Waals surface area contributed by atoms with Gasteiger partial charge in [0.05, 0.1) is 4.92 Å². The number of nitro groups is 1. The Morgan fingerprint density at radius 2 is 2.00 bits per heavy atom. The Morgan fingerprint density at radius 3 is 2.62 bits per heavy atom. The smallest absolute Gasteiger partial charge is 0.269 e. The highest BCUT2D eigenvalue weighted by Gasteiger charge is 2.09. The van der Waals surface area contributed by atoms with Crippen molar-refractivity contribution in [3.63, 3.8) is 0 Å². The Labute approximate surface area is 120 Å². The molecule has 4 nitrogen and oxygen atoms in total. The molecule has 0 fully saturated rings. The molecule has 2 aromatic rings. The number of halogens is 2. The molecule has 2 rings (SSSR count). The van der Waals surface area contributed by atoms with Crippen molar-refractivity contribution in [2.24, 2.45) is 0 Å². The lowest BCUT2D eigenvalue weighted by atomic mass is 10.1. The molecular weight excluding hydrogens is 278 g/mol. The number of nitro benzene ring substituents is 1. The van der Waals surface area contributed by atoms with E-state index in [0.717, 1.165) is 16.8 Å². The normalized spacial score (nSPS) is 10.7. The van der Waals surface area contributed by atoms with Crippen molar-refractivity contribution >= 4 is 11.4 Å². The zero-order chi connectivity index (χ0) is 15.4. The lowest BCUT2D eigenvalue weighted by Crippen LogP contribution is -2.02. The van der Waals surface area contributed by atoms with E-state index in [1.54, 1.807) is 25.1 Å². The van der Waals surface area contributed by atoms with Crippen LogP contribution in [0, 0.1) is 17.0 Å². The van der Waals surface area contributed by atoms with Gasteiger partial charge in [-0.15, -0.1) is 0 Å². The molecule has 0 heterocycles. The number of anilines is 1. The highest BCUT2D eigenvalue weighted by molar-refractivity contribution is 5.55. The van der Waals surface area contributed by atoms with E-state index >= 15 is 0 Å². The van der Waals surface area contributed by atoms with Gasteiger partial charge in [0.15, 0.2) is 0 Å². The van der Waals surface area contributed by atoms with Crippen LogP contribution in [0.5, 0.6) is 0 Å². The van der Waals surface area contributed by atoms with E-state index in [0.29, 0.717) is 6.54 Å². The van der Waals surface area contributed by atoms with Gasteiger partial charge in [0.1, 0.15) is 0 Å². The van der Waals surface area contributed by atoms with E-state index in [1.165, 1.54) is 24.3 Å². The van der Waals surface area contributed by atoms with Crippen molar-refractivity contribution in [1.29, 1.82) is 0 Å². The van der Waals surface area contributed by atoms with Crippen LogP contribution >= 0.6 is 0 Å². The molecule has 0 aliphatic rings. The molecule has 0 atom stereocenters. The van der Waals surface area contributed by atoms with Crippen molar-refractivity contribution in [2.45, 2.75) is 19.9 Å². The first kappa shape index (κ1) is 14.9. The van der Waals surface area contributed by atoms with Gasteiger partial charge in [-0.25, -0.2) is 8.78 Å². The van der Waals surface area contributed by atoms with Crippen LogP contribution in [0.15, 0.2) is 42.5 Å². The van der Waals surface area contributed by atoms with Gasteiger partial charge in [-0.2, -0.15) is 0 Å². The summed E-state index contributed by atoms with van der Waals surface area (Å²) in [5.41, 5.74) is 2.20. The van der Waals surface area contributed by atoms with E-state index in [4.69, 9.17) is 0 Å². The fourth-order valence-electron chi connectivity index (χ4n) is 2.00. The molecule has 0 aromatic heterocycles. The molecule has 2 aromatic carbocycles. The Morgan fingerprint density at radius 1 is 1.24 bits per heavy atom. The average Bonchev–Trinajstić information content (AvgIpc) is 2.46. The summed E-state index contributed by atoms with van der Waals surface area (Å²) < 4.78 is 25.2. The first-order valence-corrected chi connectivity index (χ1v) is 6.33. The number of nitrogens with zero attached hydrogens (tertiary/aromatic N) is 1. The van der Waals surface area contributed by atoms with Gasteiger partial charge < -0.3 is 5.32 Å². The lowest BCUT2D eigenvalue weighted by molar-refractivity contribution is -0.384. The topological polar surface area (TPSA) is 55.2 Å². The largest absolute Gasteiger partial charge is 0.381 e. The van der Waals surface area contributed by atoms with Crippen LogP contribution in [0.1, 0.15) is 23.1 Å². The summed E-state index contributed by atoms with van der Waals surface area (Å²) in [5.74, 6) is 0. The van der Waals surface area contributed by atoms with Crippen LogP contribution in [-0.4, -0.2) is 4.92 Å². The number of aryl methyl sites for hydroxylation is 1. The molecule has 0 bridgehead atoms. The van der Waals surface area contributed by atoms with Gasteiger partial charge in [-0.1, -0.05) is 18.2 Å². The zero-order valence-corrected chi connectivity index (χ0v) is 11.3. The Kier molecular flexibility index (Phi) is 4.47. The molecule has 0 amide bonds. The number of benzene rings is 2. The number of nitrogens with one attached hydrogen (secondary N) is 1. The summed E-state index contributed by atoms with van der Waals surface area (Å²) in [5, 5.41) is 13.8. The van der Waals surface area contributed by atoms with Crippen LogP contribution in [0.2, 0.25) is 0 Å². The van der Waals surface area contributed by atoms with Crippen molar-refractivity contribution in [3.05, 3.63) is 69.3 Å². The van der Waals surface area contributed by atoms with Crippen molar-refractivity contribution in [2.75, 3.05) is 5.32 Å². The van der Waals surface area contributed by atoms with E-state index in [-0.39, 0.29) is 11.3 Å². The lowest BCUT2D eigenvalue weighted by Gasteiger charge is -2.10. The van der Waals surface area contributed by atoms with Crippen molar-refractivity contribution in [3.8, 4) is 0 Å². The molecule has 0 spiro atoms. The Bertz CT molecular complexity index is 660. The van der Waals surface area contributed by atoms with Crippen LogP contribution in [0.25, 0.3) is 0 Å². The quantitative estimate of drug-likeness (QED) is 0.654. The van der Waals surface area contributed by atoms with Gasteiger partial charge in [0.25, 0.3) is 12.1 Å². The van der Waals surface area contributed by atoms with E-state index in [2.05, 4.69) is 5.32 Å². The van der Waals surface area contributed by atoms with Crippen LogP contribution < -0.4 is 5.32 Å². The van der Waals surface area contributed by atoms with Gasteiger partial charge in [0, 0.05) is 29.9 Å². The van der Waals surface area contributed by atoms with Crippen LogP contribution in [-0.2, 0) is 6.54 Å². The van der Waals surface area contributed by atoms with Gasteiger partial charge >= 0.3 is 0 Å². The fourth-order valence-corrected chi connectivity index (χ4v) is 2.00. The SMILES string of the molecule is Cc1cc([N+](=O)[O-])ccc1NCc1cccc(C(F)F)c1. The summed E-state index contributed by atoms with van der Waals surface area (Å²) in [4.78, 5) is 10.2. The minimum atomic E-state index is -2.49. The minimum Gasteiger partial charge on any atom is -0.381 e. The first-order chi connectivity index (χ1) is 9.97. The summed E-state index contributed by atoms with van der Waals surface area (Å²) in [6.07, 6.45) is -2.49. The number of alkyl halides is 2. The maximum absolute atomic E-state index is 12.6. The molecule has 6 heteroatoms. The fraction of sp³-hybridized carbons (Fsp3) is 0.200. The molecular formula is C15H14F2N2O2. The molecule has 0 radical (unpaired) electrons. The third kappa shape index (κ3) is 3.75. The summed E-state index contributed by atoms with van der Waals surface area (Å²) in [7, 11) is 0. The maximum atomic E-state index is 12.6. The van der Waals surface area contributed by atoms with Crippen LogP contribution in [0.3, 0.4) is 0 Å². The van der Waals surface area contributed by atoms with Crippen LogP contribution in [0.4, 0.5) is 20.2 Å². The Hall–Kier alpha value is -2.50. The monoisotopic (exact) mass is 292 g/mol. The van der Waals surface area contributed by atoms with Gasteiger partial charge in [-0.3, -0.25) is 10.1 Å². The van der Waals surface area contributed by atoms with Gasteiger partial charge in [-0.05, 0) is 30.2 Å². The first-order valence-electron chi connectivity index (χ1n) is 6.33. The van der Waals surface area contributed by atoms with Crippen molar-refractivity contribution < 1.29 is 13.7 Å². The van der Waals surface area contributed by atoms with Crippen molar-refractivity contribution in [1.82, 2.24) is 0 Å². The molecule has 0 saturated carbocycles.